The fourth-order valence-corrected chi connectivity index (χ4v) is 2.37. The fraction of sp³-hybridized carbons (Fsp3) is 0.105. The molecule has 0 saturated heterocycles. The molecule has 25 heavy (non-hydrogen) atoms. The van der Waals surface area contributed by atoms with Crippen LogP contribution in [0.5, 0.6) is 11.5 Å². The predicted molar refractivity (Wildman–Crippen MR) is 92.6 cm³/mol. The summed E-state index contributed by atoms with van der Waals surface area (Å²) in [4.78, 5) is 4.31. The summed E-state index contributed by atoms with van der Waals surface area (Å²) in [7, 11) is 1.47. The molecule has 0 saturated carbocycles. The molecule has 0 aliphatic carbocycles. The van der Waals surface area contributed by atoms with Gasteiger partial charge in [0.15, 0.2) is 11.5 Å². The van der Waals surface area contributed by atoms with E-state index in [0.717, 1.165) is 11.1 Å². The number of hydrogen-bond donors (Lipinski definition) is 1. The number of rotatable bonds is 4. The highest BCUT2D eigenvalue weighted by atomic mass is 16.5. The van der Waals surface area contributed by atoms with Crippen molar-refractivity contribution in [2.24, 2.45) is 0 Å². The molecule has 2 aromatic carbocycles. The van der Waals surface area contributed by atoms with E-state index in [0.29, 0.717) is 17.1 Å². The van der Waals surface area contributed by atoms with Crippen LogP contribution in [0.25, 0.3) is 23.0 Å². The molecule has 0 bridgehead atoms. The van der Waals surface area contributed by atoms with Gasteiger partial charge in [-0.25, -0.2) is 0 Å². The standard InChI is InChI=1S/C19H15N3O3/c1-12-5-3-4-6-15(12)18-21-19(25-22-18)14(11-20)9-13-7-8-17(24-2)16(23)10-13/h3-10,23H,1-2H3/b14-9+. The number of hydrogen-bond acceptors (Lipinski definition) is 6. The van der Waals surface area contributed by atoms with Crippen molar-refractivity contribution in [3.05, 3.63) is 59.5 Å². The maximum absolute atomic E-state index is 9.84. The number of nitriles is 1. The van der Waals surface area contributed by atoms with Gasteiger partial charge < -0.3 is 14.4 Å². The Balaban J connectivity index is 1.96. The van der Waals surface area contributed by atoms with Crippen LogP contribution in [0.1, 0.15) is 17.0 Å². The number of allylic oxidation sites excluding steroid dienone is 1. The van der Waals surface area contributed by atoms with Crippen molar-refractivity contribution in [2.75, 3.05) is 7.11 Å². The first-order chi connectivity index (χ1) is 12.1. The lowest BCUT2D eigenvalue weighted by atomic mass is 10.1. The first-order valence-electron chi connectivity index (χ1n) is 7.51. The summed E-state index contributed by atoms with van der Waals surface area (Å²) in [6.07, 6.45) is 1.56. The lowest BCUT2D eigenvalue weighted by Gasteiger charge is -2.03. The molecule has 0 fully saturated rings. The van der Waals surface area contributed by atoms with E-state index >= 15 is 0 Å². The number of methoxy groups -OCH3 is 1. The van der Waals surface area contributed by atoms with Crippen molar-refractivity contribution in [2.45, 2.75) is 6.92 Å². The maximum Gasteiger partial charge on any atom is 0.268 e. The average Bonchev–Trinajstić information content (AvgIpc) is 3.10. The van der Waals surface area contributed by atoms with E-state index in [9.17, 15) is 10.4 Å². The summed E-state index contributed by atoms with van der Waals surface area (Å²) >= 11 is 0. The molecular formula is C19H15N3O3. The summed E-state index contributed by atoms with van der Waals surface area (Å²) in [5.41, 5.74) is 2.68. The Morgan fingerprint density at radius 1 is 1.28 bits per heavy atom. The van der Waals surface area contributed by atoms with Crippen LogP contribution in [0, 0.1) is 18.3 Å². The van der Waals surface area contributed by atoms with Gasteiger partial charge in [0, 0.05) is 5.56 Å². The van der Waals surface area contributed by atoms with Crippen LogP contribution in [0.15, 0.2) is 47.0 Å². The molecule has 0 amide bonds. The molecule has 1 heterocycles. The third kappa shape index (κ3) is 3.35. The zero-order chi connectivity index (χ0) is 17.8. The van der Waals surface area contributed by atoms with Gasteiger partial charge in [0.05, 0.1) is 7.11 Å². The third-order valence-electron chi connectivity index (χ3n) is 3.68. The zero-order valence-electron chi connectivity index (χ0n) is 13.7. The van der Waals surface area contributed by atoms with Crippen LogP contribution >= 0.6 is 0 Å². The molecule has 0 unspecified atom stereocenters. The Labute approximate surface area is 144 Å². The molecule has 0 atom stereocenters. The predicted octanol–water partition coefficient (Wildman–Crippen LogP) is 3.82. The molecule has 0 aliphatic heterocycles. The molecule has 0 radical (unpaired) electrons. The number of nitrogens with zero attached hydrogens (tertiary/aromatic N) is 3. The van der Waals surface area contributed by atoms with E-state index in [-0.39, 0.29) is 17.2 Å². The first-order valence-corrected chi connectivity index (χ1v) is 7.51. The number of phenols is 1. The second-order valence-corrected chi connectivity index (χ2v) is 5.34. The van der Waals surface area contributed by atoms with Gasteiger partial charge in [-0.15, -0.1) is 0 Å². The van der Waals surface area contributed by atoms with Crippen LogP contribution in [0.4, 0.5) is 0 Å². The van der Waals surface area contributed by atoms with Crippen LogP contribution in [-0.2, 0) is 0 Å². The van der Waals surface area contributed by atoms with Gasteiger partial charge in [0.25, 0.3) is 5.89 Å². The molecule has 1 N–H and O–H groups in total. The second-order valence-electron chi connectivity index (χ2n) is 5.34. The van der Waals surface area contributed by atoms with Crippen molar-refractivity contribution < 1.29 is 14.4 Å². The zero-order valence-corrected chi connectivity index (χ0v) is 13.7. The number of aryl methyl sites for hydroxylation is 1. The van der Waals surface area contributed by atoms with Crippen LogP contribution in [0.3, 0.4) is 0 Å². The van der Waals surface area contributed by atoms with Gasteiger partial charge in [0.2, 0.25) is 5.82 Å². The largest absolute Gasteiger partial charge is 0.504 e. The smallest absolute Gasteiger partial charge is 0.268 e. The van der Waals surface area contributed by atoms with Crippen molar-refractivity contribution in [1.29, 1.82) is 5.26 Å². The van der Waals surface area contributed by atoms with Crippen molar-refractivity contribution in [1.82, 2.24) is 10.1 Å². The minimum Gasteiger partial charge on any atom is -0.504 e. The molecule has 0 spiro atoms. The van der Waals surface area contributed by atoms with E-state index in [2.05, 4.69) is 10.1 Å². The average molecular weight is 333 g/mol. The van der Waals surface area contributed by atoms with Gasteiger partial charge in [-0.3, -0.25) is 0 Å². The summed E-state index contributed by atoms with van der Waals surface area (Å²) < 4.78 is 10.2. The second kappa shape index (κ2) is 6.89. The highest BCUT2D eigenvalue weighted by Gasteiger charge is 2.14. The normalized spacial score (nSPS) is 11.2. The minimum atomic E-state index is -0.0142. The molecule has 3 rings (SSSR count). The maximum atomic E-state index is 9.84. The Kier molecular flexibility index (Phi) is 4.48. The van der Waals surface area contributed by atoms with Gasteiger partial charge in [0.1, 0.15) is 11.6 Å². The molecule has 124 valence electrons. The van der Waals surface area contributed by atoms with Crippen molar-refractivity contribution >= 4 is 11.6 Å². The van der Waals surface area contributed by atoms with Crippen LogP contribution in [0.2, 0.25) is 0 Å². The molecule has 0 aliphatic rings. The minimum absolute atomic E-state index is 0.0142. The van der Waals surface area contributed by atoms with Crippen molar-refractivity contribution in [3.8, 4) is 29.0 Å². The summed E-state index contributed by atoms with van der Waals surface area (Å²) in [5, 5.41) is 23.2. The SMILES string of the molecule is COc1ccc(/C=C(\C#N)c2nc(-c3ccccc3C)no2)cc1O. The van der Waals surface area contributed by atoms with Gasteiger partial charge in [-0.1, -0.05) is 35.5 Å². The lowest BCUT2D eigenvalue weighted by molar-refractivity contribution is 0.373. The first kappa shape index (κ1) is 16.3. The molecule has 1 aromatic heterocycles. The van der Waals surface area contributed by atoms with E-state index < -0.39 is 0 Å². The fourth-order valence-electron chi connectivity index (χ4n) is 2.37. The van der Waals surface area contributed by atoms with Gasteiger partial charge >= 0.3 is 0 Å². The Morgan fingerprint density at radius 3 is 2.76 bits per heavy atom. The Morgan fingerprint density at radius 2 is 2.08 bits per heavy atom. The molecule has 3 aromatic rings. The number of phenolic OH excluding ortho intramolecular Hbond substituents is 1. The third-order valence-corrected chi connectivity index (χ3v) is 3.68. The van der Waals surface area contributed by atoms with Crippen LogP contribution in [-0.4, -0.2) is 22.4 Å². The molecule has 6 heteroatoms. The van der Waals surface area contributed by atoms with Gasteiger partial charge in [-0.2, -0.15) is 10.2 Å². The number of ether oxygens (including phenoxy) is 1. The van der Waals surface area contributed by atoms with E-state index in [1.165, 1.54) is 13.2 Å². The molecular weight excluding hydrogens is 318 g/mol. The van der Waals surface area contributed by atoms with Gasteiger partial charge in [-0.05, 0) is 36.3 Å². The van der Waals surface area contributed by atoms with E-state index in [1.54, 1.807) is 18.2 Å². The summed E-state index contributed by atoms with van der Waals surface area (Å²) in [5.74, 6) is 0.887. The number of aromatic nitrogens is 2. The Hall–Kier alpha value is -3.59. The lowest BCUT2D eigenvalue weighted by Crippen LogP contribution is -1.87. The topological polar surface area (TPSA) is 92.2 Å². The number of benzene rings is 2. The monoisotopic (exact) mass is 333 g/mol. The Bertz CT molecular complexity index is 984. The van der Waals surface area contributed by atoms with Crippen LogP contribution < -0.4 is 4.74 Å². The molecule has 6 nitrogen and oxygen atoms in total. The highest BCUT2D eigenvalue weighted by molar-refractivity contribution is 5.87. The van der Waals surface area contributed by atoms with E-state index in [4.69, 9.17) is 9.26 Å². The number of aromatic hydroxyl groups is 1. The summed E-state index contributed by atoms with van der Waals surface area (Å²) in [6.45, 7) is 1.95. The highest BCUT2D eigenvalue weighted by Crippen LogP contribution is 2.28. The van der Waals surface area contributed by atoms with Crippen molar-refractivity contribution in [3.63, 3.8) is 0 Å². The quantitative estimate of drug-likeness (QED) is 0.730. The summed E-state index contributed by atoms with van der Waals surface area (Å²) in [6, 6.07) is 14.5. The van der Waals surface area contributed by atoms with E-state index in [1.807, 2.05) is 37.3 Å².